The third-order valence-corrected chi connectivity index (χ3v) is 4.13. The molecule has 3 rings (SSSR count). The van der Waals surface area contributed by atoms with E-state index in [1.165, 1.54) is 20.1 Å². The summed E-state index contributed by atoms with van der Waals surface area (Å²) in [7, 11) is 1.31. The largest absolute Gasteiger partial charge is 0.465 e. The first kappa shape index (κ1) is 19.1. The zero-order valence-corrected chi connectivity index (χ0v) is 15.4. The zero-order chi connectivity index (χ0) is 20.1. The van der Waals surface area contributed by atoms with Gasteiger partial charge in [0.25, 0.3) is 0 Å². The molecule has 0 saturated carbocycles. The van der Waals surface area contributed by atoms with E-state index in [1.54, 1.807) is 54.6 Å². The van der Waals surface area contributed by atoms with E-state index >= 15 is 0 Å². The normalized spacial score (nSPS) is 10.4. The Morgan fingerprint density at radius 2 is 1.46 bits per heavy atom. The van der Waals surface area contributed by atoms with E-state index in [-0.39, 0.29) is 18.2 Å². The molecule has 0 radical (unpaired) electrons. The van der Waals surface area contributed by atoms with Crippen LogP contribution in [0.5, 0.6) is 0 Å². The first-order chi connectivity index (χ1) is 13.5. The van der Waals surface area contributed by atoms with Gasteiger partial charge in [-0.05, 0) is 36.8 Å². The van der Waals surface area contributed by atoms with Gasteiger partial charge in [-0.3, -0.25) is 4.79 Å². The summed E-state index contributed by atoms with van der Waals surface area (Å²) in [5.74, 6) is -0.456. The van der Waals surface area contributed by atoms with Crippen molar-refractivity contribution < 1.29 is 28.3 Å². The molecule has 0 bridgehead atoms. The maximum atomic E-state index is 12.2. The summed E-state index contributed by atoms with van der Waals surface area (Å²) in [6.07, 6.45) is 0. The minimum Gasteiger partial charge on any atom is -0.465 e. The smallest absolute Gasteiger partial charge is 0.374 e. The van der Waals surface area contributed by atoms with Gasteiger partial charge in [-0.15, -0.1) is 0 Å². The Labute approximate surface area is 161 Å². The summed E-state index contributed by atoms with van der Waals surface area (Å²) in [6.45, 7) is 1.54. The molecule has 1 aromatic heterocycles. The molecule has 28 heavy (non-hydrogen) atoms. The fourth-order valence-corrected chi connectivity index (χ4v) is 2.55. The van der Waals surface area contributed by atoms with Crippen molar-refractivity contribution in [3.05, 3.63) is 83.1 Å². The molecule has 1 heterocycles. The summed E-state index contributed by atoms with van der Waals surface area (Å²) < 4.78 is 15.4. The lowest BCUT2D eigenvalue weighted by Gasteiger charge is -2.04. The highest BCUT2D eigenvalue weighted by Gasteiger charge is 2.14. The number of esters is 2. The fourth-order valence-electron chi connectivity index (χ4n) is 2.55. The molecule has 0 fully saturated rings. The third-order valence-electron chi connectivity index (χ3n) is 4.13. The zero-order valence-electron chi connectivity index (χ0n) is 15.4. The first-order valence-electron chi connectivity index (χ1n) is 8.53. The van der Waals surface area contributed by atoms with Crippen LogP contribution in [0.2, 0.25) is 0 Å². The SMILES string of the molecule is COC(=O)c1ccc(COC(=O)c2ccc(-c3ccc(C(C)=O)cc3)o2)cc1. The lowest BCUT2D eigenvalue weighted by Crippen LogP contribution is -2.05. The number of hydrogen-bond acceptors (Lipinski definition) is 6. The number of carbonyl (C=O) groups excluding carboxylic acids is 3. The number of ketones is 1. The van der Waals surface area contributed by atoms with Crippen molar-refractivity contribution in [3.8, 4) is 11.3 Å². The number of Topliss-reactive ketones (excluding diaryl/α,β-unsaturated/α-hetero) is 1. The maximum Gasteiger partial charge on any atom is 0.374 e. The molecule has 0 N–H and O–H groups in total. The predicted molar refractivity (Wildman–Crippen MR) is 101 cm³/mol. The summed E-state index contributed by atoms with van der Waals surface area (Å²) in [5.41, 5.74) is 2.51. The third kappa shape index (κ3) is 4.35. The van der Waals surface area contributed by atoms with Gasteiger partial charge in [0.15, 0.2) is 5.78 Å². The summed E-state index contributed by atoms with van der Waals surface area (Å²) in [5, 5.41) is 0. The Bertz CT molecular complexity index is 996. The van der Waals surface area contributed by atoms with E-state index in [9.17, 15) is 14.4 Å². The Balaban J connectivity index is 1.62. The van der Waals surface area contributed by atoms with Gasteiger partial charge in [0.05, 0.1) is 12.7 Å². The van der Waals surface area contributed by atoms with E-state index in [0.717, 1.165) is 11.1 Å². The van der Waals surface area contributed by atoms with Gasteiger partial charge in [0.1, 0.15) is 12.4 Å². The molecular formula is C22H18O6. The van der Waals surface area contributed by atoms with Gasteiger partial charge in [0.2, 0.25) is 5.76 Å². The van der Waals surface area contributed by atoms with Crippen LogP contribution in [0.1, 0.15) is 43.8 Å². The van der Waals surface area contributed by atoms with Crippen LogP contribution in [-0.2, 0) is 16.1 Å². The molecule has 142 valence electrons. The predicted octanol–water partition coefficient (Wildman–Crippen LogP) is 4.29. The van der Waals surface area contributed by atoms with E-state index in [0.29, 0.717) is 16.9 Å². The number of methoxy groups -OCH3 is 1. The van der Waals surface area contributed by atoms with Crippen LogP contribution in [0, 0.1) is 0 Å². The second-order valence-corrected chi connectivity index (χ2v) is 6.06. The lowest BCUT2D eigenvalue weighted by molar-refractivity contribution is 0.0436. The molecule has 0 saturated heterocycles. The number of ether oxygens (including phenoxy) is 2. The van der Waals surface area contributed by atoms with E-state index in [2.05, 4.69) is 4.74 Å². The van der Waals surface area contributed by atoms with Crippen LogP contribution in [0.15, 0.2) is 65.1 Å². The van der Waals surface area contributed by atoms with Crippen LogP contribution in [0.3, 0.4) is 0 Å². The summed E-state index contributed by atoms with van der Waals surface area (Å²) >= 11 is 0. The van der Waals surface area contributed by atoms with Crippen LogP contribution < -0.4 is 0 Å². The van der Waals surface area contributed by atoms with Crippen molar-refractivity contribution in [2.75, 3.05) is 7.11 Å². The van der Waals surface area contributed by atoms with Crippen molar-refractivity contribution in [2.45, 2.75) is 13.5 Å². The maximum absolute atomic E-state index is 12.2. The van der Waals surface area contributed by atoms with Crippen LogP contribution in [-0.4, -0.2) is 24.8 Å². The molecule has 0 unspecified atom stereocenters. The molecular weight excluding hydrogens is 360 g/mol. The van der Waals surface area contributed by atoms with Gasteiger partial charge in [-0.2, -0.15) is 0 Å². The van der Waals surface area contributed by atoms with Crippen LogP contribution >= 0.6 is 0 Å². The summed E-state index contributed by atoms with van der Waals surface area (Å²) in [4.78, 5) is 34.9. The summed E-state index contributed by atoms with van der Waals surface area (Å²) in [6, 6.07) is 16.7. The second kappa shape index (κ2) is 8.35. The van der Waals surface area contributed by atoms with Crippen LogP contribution in [0.4, 0.5) is 0 Å². The second-order valence-electron chi connectivity index (χ2n) is 6.06. The first-order valence-corrected chi connectivity index (χ1v) is 8.53. The van der Waals surface area contributed by atoms with Gasteiger partial charge in [-0.1, -0.05) is 36.4 Å². The molecule has 0 atom stereocenters. The van der Waals surface area contributed by atoms with E-state index in [4.69, 9.17) is 9.15 Å². The van der Waals surface area contributed by atoms with Gasteiger partial charge < -0.3 is 13.9 Å². The molecule has 0 aliphatic rings. The van der Waals surface area contributed by atoms with Gasteiger partial charge in [0, 0.05) is 11.1 Å². The molecule has 6 heteroatoms. The molecule has 0 amide bonds. The lowest BCUT2D eigenvalue weighted by atomic mass is 10.1. The van der Waals surface area contributed by atoms with Crippen molar-refractivity contribution in [3.63, 3.8) is 0 Å². The highest BCUT2D eigenvalue weighted by molar-refractivity contribution is 5.94. The number of rotatable bonds is 6. The highest BCUT2D eigenvalue weighted by atomic mass is 16.5. The van der Waals surface area contributed by atoms with Gasteiger partial charge >= 0.3 is 11.9 Å². The van der Waals surface area contributed by atoms with E-state index in [1.807, 2.05) is 0 Å². The van der Waals surface area contributed by atoms with Crippen molar-refractivity contribution in [2.24, 2.45) is 0 Å². The van der Waals surface area contributed by atoms with Crippen molar-refractivity contribution in [1.29, 1.82) is 0 Å². The van der Waals surface area contributed by atoms with Crippen molar-refractivity contribution in [1.82, 2.24) is 0 Å². The molecule has 0 aliphatic heterocycles. The minimum atomic E-state index is -0.594. The van der Waals surface area contributed by atoms with Crippen LogP contribution in [0.25, 0.3) is 11.3 Å². The highest BCUT2D eigenvalue weighted by Crippen LogP contribution is 2.23. The van der Waals surface area contributed by atoms with Crippen molar-refractivity contribution >= 4 is 17.7 Å². The average Bonchev–Trinajstić information content (AvgIpc) is 3.22. The number of benzene rings is 2. The number of furan rings is 1. The fraction of sp³-hybridized carbons (Fsp3) is 0.136. The molecule has 2 aromatic carbocycles. The standard InChI is InChI=1S/C22H18O6/c1-14(23)16-7-9-17(10-8-16)19-11-12-20(28-19)22(25)27-13-15-3-5-18(6-4-15)21(24)26-2/h3-12H,13H2,1-2H3. The number of carbonyl (C=O) groups is 3. The Morgan fingerprint density at radius 3 is 2.07 bits per heavy atom. The Hall–Kier alpha value is -3.67. The Kier molecular flexibility index (Phi) is 5.69. The topological polar surface area (TPSA) is 82.8 Å². The monoisotopic (exact) mass is 378 g/mol. The number of hydrogen-bond donors (Lipinski definition) is 0. The molecule has 6 nitrogen and oxygen atoms in total. The minimum absolute atomic E-state index is 0.0186. The van der Waals surface area contributed by atoms with Gasteiger partial charge in [-0.25, -0.2) is 9.59 Å². The molecule has 0 spiro atoms. The quantitative estimate of drug-likeness (QED) is 0.470. The van der Waals surface area contributed by atoms with E-state index < -0.39 is 11.9 Å². The average molecular weight is 378 g/mol. The molecule has 0 aliphatic carbocycles. The Morgan fingerprint density at radius 1 is 0.821 bits per heavy atom. The molecule has 3 aromatic rings.